The van der Waals surface area contributed by atoms with Crippen molar-refractivity contribution in [1.82, 2.24) is 10.2 Å². The van der Waals surface area contributed by atoms with E-state index in [-0.39, 0.29) is 11.9 Å². The van der Waals surface area contributed by atoms with Gasteiger partial charge in [0.2, 0.25) is 12.3 Å². The topological polar surface area (TPSA) is 114 Å². The molecule has 29 heavy (non-hydrogen) atoms. The third-order valence-corrected chi connectivity index (χ3v) is 5.36. The molecule has 170 valence electrons. The zero-order chi connectivity index (χ0) is 21.9. The molecule has 1 atom stereocenters. The predicted molar refractivity (Wildman–Crippen MR) is 121 cm³/mol. The molecule has 1 unspecified atom stereocenters. The van der Waals surface area contributed by atoms with Gasteiger partial charge in [-0.2, -0.15) is 0 Å². The average Bonchev–Trinajstić information content (AvgIpc) is 3.27. The number of nitrogens with one attached hydrogen (secondary N) is 1. The zero-order valence-corrected chi connectivity index (χ0v) is 19.0. The van der Waals surface area contributed by atoms with Crippen molar-refractivity contribution in [2.45, 2.75) is 85.0 Å². The Hall–Kier alpha value is -1.79. The Bertz CT molecular complexity index is 440. The highest BCUT2D eigenvalue weighted by Crippen LogP contribution is 2.29. The van der Waals surface area contributed by atoms with Crippen molar-refractivity contribution in [3.8, 4) is 0 Å². The van der Waals surface area contributed by atoms with Crippen LogP contribution < -0.4 is 16.8 Å². The van der Waals surface area contributed by atoms with Gasteiger partial charge in [-0.15, -0.1) is 0 Å². The molecule has 7 nitrogen and oxygen atoms in total. The van der Waals surface area contributed by atoms with Crippen molar-refractivity contribution in [2.75, 3.05) is 26.2 Å². The molecule has 7 heteroatoms. The van der Waals surface area contributed by atoms with Gasteiger partial charge in [0.1, 0.15) is 0 Å². The van der Waals surface area contributed by atoms with E-state index in [1.807, 2.05) is 13.8 Å². The Morgan fingerprint density at radius 3 is 2.28 bits per heavy atom. The SMILES string of the molecule is CC.CC(CC1CCCCC1)C(=O)N1CCCC1.NC(N)=NCCCCNC=O. The summed E-state index contributed by atoms with van der Waals surface area (Å²) in [5, 5.41) is 2.54. The van der Waals surface area contributed by atoms with Gasteiger partial charge in [0.15, 0.2) is 5.96 Å². The number of carbonyl (C=O) groups excluding carboxylic acids is 2. The Morgan fingerprint density at radius 1 is 1.10 bits per heavy atom. The maximum absolute atomic E-state index is 12.1. The van der Waals surface area contributed by atoms with Crippen LogP contribution in [0.4, 0.5) is 0 Å². The lowest BCUT2D eigenvalue weighted by molar-refractivity contribution is -0.134. The number of nitrogens with two attached hydrogens (primary N) is 2. The van der Waals surface area contributed by atoms with Gasteiger partial charge < -0.3 is 21.7 Å². The van der Waals surface area contributed by atoms with Gasteiger partial charge in [-0.25, -0.2) is 0 Å². The summed E-state index contributed by atoms with van der Waals surface area (Å²) in [4.78, 5) is 27.8. The van der Waals surface area contributed by atoms with Crippen LogP contribution >= 0.6 is 0 Å². The first-order chi connectivity index (χ1) is 14.0. The maximum Gasteiger partial charge on any atom is 0.225 e. The minimum Gasteiger partial charge on any atom is -0.370 e. The van der Waals surface area contributed by atoms with Gasteiger partial charge in [-0.1, -0.05) is 52.9 Å². The summed E-state index contributed by atoms with van der Waals surface area (Å²) in [5.41, 5.74) is 10.2. The van der Waals surface area contributed by atoms with E-state index in [2.05, 4.69) is 22.1 Å². The number of aliphatic imine (C=N–C) groups is 1. The van der Waals surface area contributed by atoms with Crippen molar-refractivity contribution in [2.24, 2.45) is 28.3 Å². The second-order valence-electron chi connectivity index (χ2n) is 7.76. The Morgan fingerprint density at radius 2 is 1.72 bits per heavy atom. The largest absolute Gasteiger partial charge is 0.370 e. The quantitative estimate of drug-likeness (QED) is 0.234. The minimum absolute atomic E-state index is 0.119. The molecule has 2 aliphatic rings. The van der Waals surface area contributed by atoms with Crippen molar-refractivity contribution >= 4 is 18.3 Å². The molecule has 1 saturated heterocycles. The summed E-state index contributed by atoms with van der Waals surface area (Å²) in [6.45, 7) is 9.46. The van der Waals surface area contributed by atoms with Crippen molar-refractivity contribution < 1.29 is 9.59 Å². The fourth-order valence-electron chi connectivity index (χ4n) is 3.88. The maximum atomic E-state index is 12.1. The van der Waals surface area contributed by atoms with Crippen LogP contribution in [-0.2, 0) is 9.59 Å². The van der Waals surface area contributed by atoms with Crippen LogP contribution in [-0.4, -0.2) is 49.4 Å². The number of rotatable bonds is 9. The smallest absolute Gasteiger partial charge is 0.225 e. The normalized spacial score (nSPS) is 17.1. The van der Waals surface area contributed by atoms with E-state index >= 15 is 0 Å². The van der Waals surface area contributed by atoms with Gasteiger partial charge in [-0.05, 0) is 38.0 Å². The van der Waals surface area contributed by atoms with Crippen LogP contribution in [0.1, 0.15) is 85.0 Å². The van der Waals surface area contributed by atoms with E-state index in [1.54, 1.807) is 0 Å². The number of amides is 2. The van der Waals surface area contributed by atoms with E-state index in [0.29, 0.717) is 25.4 Å². The Balaban J connectivity index is 0.000000532. The van der Waals surface area contributed by atoms with Gasteiger partial charge in [-0.3, -0.25) is 14.6 Å². The van der Waals surface area contributed by atoms with Crippen LogP contribution in [0.3, 0.4) is 0 Å². The lowest BCUT2D eigenvalue weighted by Crippen LogP contribution is -2.33. The van der Waals surface area contributed by atoms with Gasteiger partial charge in [0.25, 0.3) is 0 Å². The third-order valence-electron chi connectivity index (χ3n) is 5.36. The van der Waals surface area contributed by atoms with Crippen LogP contribution in [0, 0.1) is 11.8 Å². The van der Waals surface area contributed by atoms with Crippen LogP contribution in [0.15, 0.2) is 4.99 Å². The first-order valence-corrected chi connectivity index (χ1v) is 11.6. The van der Waals surface area contributed by atoms with E-state index < -0.39 is 0 Å². The van der Waals surface area contributed by atoms with Crippen LogP contribution in [0.25, 0.3) is 0 Å². The number of unbranched alkanes of at least 4 members (excludes halogenated alkanes) is 1. The van der Waals surface area contributed by atoms with E-state index in [0.717, 1.165) is 38.3 Å². The summed E-state index contributed by atoms with van der Waals surface area (Å²) < 4.78 is 0. The number of guanidine groups is 1. The number of nitrogens with zero attached hydrogens (tertiary/aromatic N) is 2. The Kier molecular flexibility index (Phi) is 17.1. The van der Waals surface area contributed by atoms with Crippen molar-refractivity contribution in [3.63, 3.8) is 0 Å². The minimum atomic E-state index is 0.119. The molecule has 2 rings (SSSR count). The number of hydrogen-bond acceptors (Lipinski definition) is 3. The van der Waals surface area contributed by atoms with Gasteiger partial charge in [0, 0.05) is 32.1 Å². The second-order valence-corrected chi connectivity index (χ2v) is 7.76. The molecule has 0 aromatic heterocycles. The zero-order valence-electron chi connectivity index (χ0n) is 19.0. The first-order valence-electron chi connectivity index (χ1n) is 11.6. The number of carbonyl (C=O) groups is 2. The molecule has 1 aliphatic heterocycles. The molecule has 0 spiro atoms. The molecule has 0 aromatic rings. The lowest BCUT2D eigenvalue weighted by atomic mass is 9.83. The molecule has 5 N–H and O–H groups in total. The van der Waals surface area contributed by atoms with E-state index in [4.69, 9.17) is 11.5 Å². The van der Waals surface area contributed by atoms with Gasteiger partial charge >= 0.3 is 0 Å². The number of hydrogen-bond donors (Lipinski definition) is 3. The fraction of sp³-hybridized carbons (Fsp3) is 0.864. The molecule has 0 bridgehead atoms. The summed E-state index contributed by atoms with van der Waals surface area (Å²) in [6.07, 6.45) is 12.9. The van der Waals surface area contributed by atoms with Crippen LogP contribution in [0.2, 0.25) is 0 Å². The molecule has 2 amide bonds. The van der Waals surface area contributed by atoms with E-state index in [1.165, 1.54) is 44.9 Å². The number of likely N-dealkylation sites (tertiary alicyclic amines) is 1. The molecule has 1 aliphatic carbocycles. The summed E-state index contributed by atoms with van der Waals surface area (Å²) in [6, 6.07) is 0. The Labute approximate surface area is 178 Å². The molecular formula is C22H45N5O2. The molecule has 1 saturated carbocycles. The lowest BCUT2D eigenvalue weighted by Gasteiger charge is -2.26. The van der Waals surface area contributed by atoms with Crippen molar-refractivity contribution in [1.29, 1.82) is 0 Å². The molecule has 0 radical (unpaired) electrons. The predicted octanol–water partition coefficient (Wildman–Crippen LogP) is 3.03. The standard InChI is InChI=1S/C14H25NO.C6H14N4O.C2H6/c1-12(11-13-7-3-2-4-8-13)14(16)15-9-5-6-10-15;7-6(8)10-4-2-1-3-9-5-11;1-2/h12-13H,2-11H2,1H3;5H,1-4H2,(H,9,11)(H4,7,8,10);1-2H3. The molecular weight excluding hydrogens is 366 g/mol. The molecule has 2 fully saturated rings. The average molecular weight is 412 g/mol. The first kappa shape index (κ1) is 27.2. The fourth-order valence-corrected chi connectivity index (χ4v) is 3.88. The third kappa shape index (κ3) is 13.9. The summed E-state index contributed by atoms with van der Waals surface area (Å²) >= 11 is 0. The molecule has 1 heterocycles. The highest BCUT2D eigenvalue weighted by atomic mass is 16.2. The summed E-state index contributed by atoms with van der Waals surface area (Å²) in [7, 11) is 0. The van der Waals surface area contributed by atoms with Crippen molar-refractivity contribution in [3.05, 3.63) is 0 Å². The highest BCUT2D eigenvalue weighted by molar-refractivity contribution is 5.78. The summed E-state index contributed by atoms with van der Waals surface area (Å²) in [5.74, 6) is 1.63. The monoisotopic (exact) mass is 411 g/mol. The molecule has 0 aromatic carbocycles. The highest BCUT2D eigenvalue weighted by Gasteiger charge is 2.26. The van der Waals surface area contributed by atoms with Crippen LogP contribution in [0.5, 0.6) is 0 Å². The second kappa shape index (κ2) is 18.3. The van der Waals surface area contributed by atoms with E-state index in [9.17, 15) is 9.59 Å². The van der Waals surface area contributed by atoms with Gasteiger partial charge in [0.05, 0.1) is 0 Å².